The lowest BCUT2D eigenvalue weighted by molar-refractivity contribution is 0.0827. The Labute approximate surface area is 167 Å². The zero-order chi connectivity index (χ0) is 20.2. The largest absolute Gasteiger partial charge is 0.494 e. The summed E-state index contributed by atoms with van der Waals surface area (Å²) in [5.41, 5.74) is 1.83. The predicted molar refractivity (Wildman–Crippen MR) is 114 cm³/mol. The molecule has 0 bridgehead atoms. The van der Waals surface area contributed by atoms with E-state index >= 15 is 0 Å². The zero-order valence-corrected chi connectivity index (χ0v) is 16.9. The maximum absolute atomic E-state index is 12.1. The van der Waals surface area contributed by atoms with E-state index in [1.807, 2.05) is 54.6 Å². The minimum atomic E-state index is 0.0185. The third-order valence-electron chi connectivity index (χ3n) is 4.14. The maximum Gasteiger partial charge on any atom is 0.253 e. The van der Waals surface area contributed by atoms with E-state index in [0.29, 0.717) is 12.2 Å². The van der Waals surface area contributed by atoms with Crippen LogP contribution in [0.25, 0.3) is 0 Å². The summed E-state index contributed by atoms with van der Waals surface area (Å²) in [6.07, 6.45) is 1.69. The standard InChI is InChI=1S/C22H30N4O2/c1-23-22(24-14-8-16-28-20-11-5-4-6-12-20)25-15-13-18-9-7-10-19(17-18)21(27)26(2)3/h4-7,9-12,17H,8,13-16H2,1-3H3,(H2,23,24,25). The summed E-state index contributed by atoms with van der Waals surface area (Å²) < 4.78 is 5.68. The molecule has 0 saturated carbocycles. The Morgan fingerprint density at radius 3 is 2.50 bits per heavy atom. The quantitative estimate of drug-likeness (QED) is 0.397. The summed E-state index contributed by atoms with van der Waals surface area (Å²) in [5.74, 6) is 1.67. The molecule has 2 aromatic carbocycles. The number of ether oxygens (including phenoxy) is 1. The van der Waals surface area contributed by atoms with Gasteiger partial charge in [-0.05, 0) is 42.7 Å². The molecule has 0 spiro atoms. The van der Waals surface area contributed by atoms with Crippen LogP contribution in [0.4, 0.5) is 0 Å². The highest BCUT2D eigenvalue weighted by molar-refractivity contribution is 5.94. The van der Waals surface area contributed by atoms with Gasteiger partial charge < -0.3 is 20.3 Å². The van der Waals surface area contributed by atoms with Crippen LogP contribution < -0.4 is 15.4 Å². The van der Waals surface area contributed by atoms with E-state index in [1.165, 1.54) is 0 Å². The van der Waals surface area contributed by atoms with Gasteiger partial charge in [0.1, 0.15) is 5.75 Å². The molecule has 0 aliphatic rings. The van der Waals surface area contributed by atoms with Crippen LogP contribution in [0.5, 0.6) is 5.75 Å². The fraction of sp³-hybridized carbons (Fsp3) is 0.364. The van der Waals surface area contributed by atoms with Gasteiger partial charge in [0.25, 0.3) is 5.91 Å². The van der Waals surface area contributed by atoms with Gasteiger partial charge in [0.05, 0.1) is 6.61 Å². The molecule has 6 heteroatoms. The number of aliphatic imine (C=N–C) groups is 1. The third-order valence-corrected chi connectivity index (χ3v) is 4.14. The molecule has 0 aliphatic carbocycles. The van der Waals surface area contributed by atoms with Crippen molar-refractivity contribution >= 4 is 11.9 Å². The van der Waals surface area contributed by atoms with Gasteiger partial charge in [0, 0.05) is 39.8 Å². The van der Waals surface area contributed by atoms with Gasteiger partial charge in [-0.3, -0.25) is 9.79 Å². The van der Waals surface area contributed by atoms with Gasteiger partial charge in [0.2, 0.25) is 0 Å². The number of para-hydroxylation sites is 1. The smallest absolute Gasteiger partial charge is 0.253 e. The lowest BCUT2D eigenvalue weighted by atomic mass is 10.1. The van der Waals surface area contributed by atoms with Gasteiger partial charge in [-0.1, -0.05) is 30.3 Å². The van der Waals surface area contributed by atoms with Crippen molar-refractivity contribution in [1.82, 2.24) is 15.5 Å². The maximum atomic E-state index is 12.1. The minimum Gasteiger partial charge on any atom is -0.494 e. The van der Waals surface area contributed by atoms with Crippen LogP contribution in [0.1, 0.15) is 22.3 Å². The van der Waals surface area contributed by atoms with E-state index in [1.54, 1.807) is 26.0 Å². The molecule has 1 amide bonds. The molecule has 0 aliphatic heterocycles. The summed E-state index contributed by atoms with van der Waals surface area (Å²) in [6, 6.07) is 17.6. The van der Waals surface area contributed by atoms with E-state index in [2.05, 4.69) is 15.6 Å². The highest BCUT2D eigenvalue weighted by Gasteiger charge is 2.08. The Morgan fingerprint density at radius 1 is 1.04 bits per heavy atom. The average Bonchev–Trinajstić information content (AvgIpc) is 2.72. The molecule has 0 heterocycles. The molecule has 150 valence electrons. The summed E-state index contributed by atoms with van der Waals surface area (Å²) >= 11 is 0. The van der Waals surface area contributed by atoms with E-state index in [0.717, 1.165) is 43.2 Å². The second-order valence-corrected chi connectivity index (χ2v) is 6.59. The highest BCUT2D eigenvalue weighted by atomic mass is 16.5. The van der Waals surface area contributed by atoms with E-state index in [-0.39, 0.29) is 5.91 Å². The molecule has 2 aromatic rings. The molecule has 28 heavy (non-hydrogen) atoms. The van der Waals surface area contributed by atoms with Crippen molar-refractivity contribution in [2.24, 2.45) is 4.99 Å². The van der Waals surface area contributed by atoms with Crippen molar-refractivity contribution in [3.05, 3.63) is 65.7 Å². The summed E-state index contributed by atoms with van der Waals surface area (Å²) in [5, 5.41) is 6.59. The number of rotatable bonds is 9. The van der Waals surface area contributed by atoms with Crippen molar-refractivity contribution in [3.8, 4) is 5.75 Å². The Morgan fingerprint density at radius 2 is 1.79 bits per heavy atom. The molecule has 6 nitrogen and oxygen atoms in total. The Balaban J connectivity index is 1.67. The van der Waals surface area contributed by atoms with Gasteiger partial charge in [-0.2, -0.15) is 0 Å². The SMILES string of the molecule is CN=C(NCCCOc1ccccc1)NCCc1cccc(C(=O)N(C)C)c1. The number of nitrogens with one attached hydrogen (secondary N) is 2. The van der Waals surface area contributed by atoms with E-state index < -0.39 is 0 Å². The first kappa shape index (κ1) is 21.3. The number of amides is 1. The molecule has 0 unspecified atom stereocenters. The lowest BCUT2D eigenvalue weighted by Gasteiger charge is -2.13. The first-order valence-corrected chi connectivity index (χ1v) is 9.53. The molecule has 2 N–H and O–H groups in total. The van der Waals surface area contributed by atoms with Crippen LogP contribution in [0, 0.1) is 0 Å². The monoisotopic (exact) mass is 382 g/mol. The van der Waals surface area contributed by atoms with Crippen molar-refractivity contribution in [3.63, 3.8) is 0 Å². The number of nitrogens with zero attached hydrogens (tertiary/aromatic N) is 2. The number of hydrogen-bond acceptors (Lipinski definition) is 3. The van der Waals surface area contributed by atoms with Crippen molar-refractivity contribution in [1.29, 1.82) is 0 Å². The number of hydrogen-bond donors (Lipinski definition) is 2. The molecular formula is C22H30N4O2. The molecule has 0 atom stereocenters. The van der Waals surface area contributed by atoms with Crippen LogP contribution in [-0.2, 0) is 6.42 Å². The first-order valence-electron chi connectivity index (χ1n) is 9.53. The molecule has 0 aromatic heterocycles. The topological polar surface area (TPSA) is 66.0 Å². The third kappa shape index (κ3) is 7.31. The molecule has 0 saturated heterocycles. The summed E-state index contributed by atoms with van der Waals surface area (Å²) in [4.78, 5) is 17.9. The highest BCUT2D eigenvalue weighted by Crippen LogP contribution is 2.08. The summed E-state index contributed by atoms with van der Waals surface area (Å²) in [6.45, 7) is 2.17. The lowest BCUT2D eigenvalue weighted by Crippen LogP contribution is -2.39. The van der Waals surface area contributed by atoms with Crippen LogP contribution in [-0.4, -0.2) is 57.6 Å². The van der Waals surface area contributed by atoms with Crippen molar-refractivity contribution in [2.45, 2.75) is 12.8 Å². The Kier molecular flexibility index (Phi) is 8.85. The number of guanidine groups is 1. The minimum absolute atomic E-state index is 0.0185. The molecule has 0 fully saturated rings. The molecule has 0 radical (unpaired) electrons. The fourth-order valence-corrected chi connectivity index (χ4v) is 2.65. The van der Waals surface area contributed by atoms with E-state index in [9.17, 15) is 4.79 Å². The van der Waals surface area contributed by atoms with Crippen LogP contribution in [0.2, 0.25) is 0 Å². The molecule has 2 rings (SSSR count). The Hall–Kier alpha value is -3.02. The predicted octanol–water partition coefficient (Wildman–Crippen LogP) is 2.57. The first-order chi connectivity index (χ1) is 13.6. The number of benzene rings is 2. The second kappa shape index (κ2) is 11.6. The van der Waals surface area contributed by atoms with Gasteiger partial charge in [-0.15, -0.1) is 0 Å². The van der Waals surface area contributed by atoms with Gasteiger partial charge in [0.15, 0.2) is 5.96 Å². The Bertz CT molecular complexity index is 760. The normalized spacial score (nSPS) is 11.0. The fourth-order valence-electron chi connectivity index (χ4n) is 2.65. The van der Waals surface area contributed by atoms with Crippen molar-refractivity contribution < 1.29 is 9.53 Å². The van der Waals surface area contributed by atoms with Crippen LogP contribution in [0.15, 0.2) is 59.6 Å². The number of carbonyl (C=O) groups is 1. The average molecular weight is 383 g/mol. The number of carbonyl (C=O) groups excluding carboxylic acids is 1. The zero-order valence-electron chi connectivity index (χ0n) is 16.9. The van der Waals surface area contributed by atoms with E-state index in [4.69, 9.17) is 4.74 Å². The van der Waals surface area contributed by atoms with Crippen LogP contribution in [0.3, 0.4) is 0 Å². The second-order valence-electron chi connectivity index (χ2n) is 6.59. The summed E-state index contributed by atoms with van der Waals surface area (Å²) in [7, 11) is 5.28. The van der Waals surface area contributed by atoms with Crippen molar-refractivity contribution in [2.75, 3.05) is 40.8 Å². The van der Waals surface area contributed by atoms with Gasteiger partial charge in [-0.25, -0.2) is 0 Å². The van der Waals surface area contributed by atoms with Gasteiger partial charge >= 0.3 is 0 Å². The molecular weight excluding hydrogens is 352 g/mol. The van der Waals surface area contributed by atoms with Crippen LogP contribution >= 0.6 is 0 Å².